The van der Waals surface area contributed by atoms with Gasteiger partial charge in [-0.2, -0.15) is 10.5 Å². The molecule has 58 heavy (non-hydrogen) atoms. The second kappa shape index (κ2) is 17.0. The van der Waals surface area contributed by atoms with Gasteiger partial charge in [-0.05, 0) is 84.6 Å². The lowest BCUT2D eigenvalue weighted by atomic mass is 9.70. The van der Waals surface area contributed by atoms with E-state index in [1.165, 1.54) is 0 Å². The van der Waals surface area contributed by atoms with Crippen molar-refractivity contribution in [2.45, 2.75) is 38.9 Å². The largest absolute Gasteiger partial charge is 0.475 e. The van der Waals surface area contributed by atoms with Crippen LogP contribution in [0.15, 0.2) is 158 Å². The Kier molecular flexibility index (Phi) is 11.3. The zero-order valence-electron chi connectivity index (χ0n) is 32.1. The van der Waals surface area contributed by atoms with Crippen LogP contribution in [0, 0.1) is 71.0 Å². The number of rotatable bonds is 4. The Morgan fingerprint density at radius 2 is 0.845 bits per heavy atom. The monoisotopic (exact) mass is 754 g/mol. The molecule has 0 N–H and O–H groups in total. The predicted octanol–water partition coefficient (Wildman–Crippen LogP) is 9.49. The number of nitriles is 2. The van der Waals surface area contributed by atoms with Crippen molar-refractivity contribution in [3.05, 3.63) is 202 Å². The van der Waals surface area contributed by atoms with Gasteiger partial charge in [-0.3, -0.25) is 9.59 Å². The summed E-state index contributed by atoms with van der Waals surface area (Å²) in [5.74, 6) is 12.8. The molecule has 0 unspecified atom stereocenters. The molecule has 0 amide bonds. The first-order valence-electron chi connectivity index (χ1n) is 18.9. The molecule has 2 aliphatic heterocycles. The molecule has 6 nitrogen and oxygen atoms in total. The van der Waals surface area contributed by atoms with Crippen molar-refractivity contribution in [3.63, 3.8) is 0 Å². The first-order valence-corrected chi connectivity index (χ1v) is 18.9. The maximum atomic E-state index is 13.5. The minimum Gasteiger partial charge on any atom is -0.475 e. The number of ketones is 2. The van der Waals surface area contributed by atoms with Crippen molar-refractivity contribution < 1.29 is 19.1 Å². The van der Waals surface area contributed by atoms with Gasteiger partial charge in [0.05, 0.1) is 23.3 Å². The van der Waals surface area contributed by atoms with Crippen molar-refractivity contribution in [2.24, 2.45) is 10.8 Å². The van der Waals surface area contributed by atoms with Crippen LogP contribution in [0.25, 0.3) is 0 Å². The molecule has 2 aliphatic rings. The molecule has 6 heteroatoms. The second-order valence-electron chi connectivity index (χ2n) is 14.4. The standard InChI is InChI=1S/2C26H19NO2/c2*1-19-12-14-22-23(16-19)29-24(15-13-20-8-4-2-5-9-20)26(18-27,25(22)28)17-21-10-6-3-7-11-21/h2*2-12,14,16,24H,17H2,1H3/t2*24-,26+/m11/s1. The lowest BCUT2D eigenvalue weighted by Crippen LogP contribution is -2.49. The molecule has 0 fully saturated rings. The van der Waals surface area contributed by atoms with Crippen LogP contribution in [0.1, 0.15) is 54.1 Å². The van der Waals surface area contributed by atoms with E-state index in [2.05, 4.69) is 35.8 Å². The highest BCUT2D eigenvalue weighted by Crippen LogP contribution is 2.43. The number of hydrogen-bond acceptors (Lipinski definition) is 6. The highest BCUT2D eigenvalue weighted by Gasteiger charge is 2.53. The number of benzene rings is 6. The Labute approximate surface area is 339 Å². The van der Waals surface area contributed by atoms with Gasteiger partial charge in [-0.15, -0.1) is 0 Å². The maximum Gasteiger partial charge on any atom is 0.192 e. The van der Waals surface area contributed by atoms with Gasteiger partial charge in [0.1, 0.15) is 11.5 Å². The number of ether oxygens (including phenoxy) is 2. The maximum absolute atomic E-state index is 13.5. The SMILES string of the molecule is Cc1ccc2c(c1)O[C@H](C#Cc1ccccc1)[C@@](C#N)(Cc1ccccc1)C2=O.Cc1ccc2c(c1)O[C@H](C#Cc1ccccc1)[C@@](C#N)(Cc1ccccc1)C2=O. The van der Waals surface area contributed by atoms with Crippen LogP contribution in [0.3, 0.4) is 0 Å². The summed E-state index contributed by atoms with van der Waals surface area (Å²) in [5, 5.41) is 20.4. The van der Waals surface area contributed by atoms with E-state index >= 15 is 0 Å². The lowest BCUT2D eigenvalue weighted by Gasteiger charge is -2.36. The van der Waals surface area contributed by atoms with Crippen LogP contribution in [-0.4, -0.2) is 23.8 Å². The summed E-state index contributed by atoms with van der Waals surface area (Å²) in [6.07, 6.45) is -1.25. The number of hydrogen-bond donors (Lipinski definition) is 0. The number of carbonyl (C=O) groups is 2. The summed E-state index contributed by atoms with van der Waals surface area (Å²) in [5.41, 5.74) is 3.43. The van der Waals surface area contributed by atoms with Crippen molar-refractivity contribution in [1.29, 1.82) is 10.5 Å². The van der Waals surface area contributed by atoms with E-state index in [4.69, 9.17) is 9.47 Å². The molecular weight excluding hydrogens is 717 g/mol. The third kappa shape index (κ3) is 8.01. The van der Waals surface area contributed by atoms with Gasteiger partial charge in [0, 0.05) is 24.0 Å². The summed E-state index contributed by atoms with van der Waals surface area (Å²) in [7, 11) is 0. The van der Waals surface area contributed by atoms with Gasteiger partial charge in [-0.25, -0.2) is 0 Å². The summed E-state index contributed by atoms with van der Waals surface area (Å²) in [6.45, 7) is 3.88. The molecule has 0 aliphatic carbocycles. The quantitative estimate of drug-likeness (QED) is 0.166. The van der Waals surface area contributed by atoms with Gasteiger partial charge >= 0.3 is 0 Å². The number of Topliss-reactive ketones (excluding diaryl/α,β-unsaturated/α-hetero) is 2. The van der Waals surface area contributed by atoms with E-state index in [-0.39, 0.29) is 24.4 Å². The smallest absolute Gasteiger partial charge is 0.192 e. The Hall–Kier alpha value is -7.64. The van der Waals surface area contributed by atoms with Crippen LogP contribution >= 0.6 is 0 Å². The van der Waals surface area contributed by atoms with E-state index < -0.39 is 23.0 Å². The first kappa shape index (κ1) is 38.6. The number of aryl methyl sites for hydroxylation is 2. The molecule has 0 saturated heterocycles. The van der Waals surface area contributed by atoms with E-state index in [9.17, 15) is 20.1 Å². The second-order valence-corrected chi connectivity index (χ2v) is 14.4. The molecule has 0 aromatic heterocycles. The van der Waals surface area contributed by atoms with Gasteiger partial charge in [-0.1, -0.05) is 133 Å². The van der Waals surface area contributed by atoms with Crippen molar-refractivity contribution in [2.75, 3.05) is 0 Å². The van der Waals surface area contributed by atoms with Crippen molar-refractivity contribution in [1.82, 2.24) is 0 Å². The predicted molar refractivity (Wildman–Crippen MR) is 223 cm³/mol. The fourth-order valence-electron chi connectivity index (χ4n) is 7.13. The van der Waals surface area contributed by atoms with Gasteiger partial charge in [0.2, 0.25) is 0 Å². The van der Waals surface area contributed by atoms with Crippen LogP contribution in [-0.2, 0) is 12.8 Å². The highest BCUT2D eigenvalue weighted by atomic mass is 16.5. The number of carbonyl (C=O) groups excluding carboxylic acids is 2. The molecular formula is C52H38N2O4. The summed E-state index contributed by atoms with van der Waals surface area (Å²) in [6, 6.07) is 53.5. The van der Waals surface area contributed by atoms with Gasteiger partial charge in [0.15, 0.2) is 34.6 Å². The average molecular weight is 755 g/mol. The third-order valence-electron chi connectivity index (χ3n) is 10.3. The molecule has 6 aromatic carbocycles. The van der Waals surface area contributed by atoms with Crippen LogP contribution in [0.2, 0.25) is 0 Å². The highest BCUT2D eigenvalue weighted by molar-refractivity contribution is 6.07. The van der Waals surface area contributed by atoms with E-state index in [0.29, 0.717) is 22.6 Å². The van der Waals surface area contributed by atoms with E-state index in [1.54, 1.807) is 12.1 Å². The molecule has 0 saturated carbocycles. The summed E-state index contributed by atoms with van der Waals surface area (Å²) in [4.78, 5) is 27.1. The van der Waals surface area contributed by atoms with Crippen molar-refractivity contribution in [3.8, 4) is 47.3 Å². The Bertz CT molecular complexity index is 2490. The zero-order chi connectivity index (χ0) is 40.5. The van der Waals surface area contributed by atoms with Crippen LogP contribution in [0.4, 0.5) is 0 Å². The molecule has 8 rings (SSSR count). The molecule has 6 aromatic rings. The summed E-state index contributed by atoms with van der Waals surface area (Å²) < 4.78 is 12.3. The fourth-order valence-corrected chi connectivity index (χ4v) is 7.13. The lowest BCUT2D eigenvalue weighted by molar-refractivity contribution is 0.0608. The normalized spacial score (nSPS) is 19.9. The van der Waals surface area contributed by atoms with E-state index in [0.717, 1.165) is 33.4 Å². The number of fused-ring (bicyclic) bond motifs is 2. The minimum atomic E-state index is -1.41. The molecule has 0 bridgehead atoms. The Balaban J connectivity index is 0.000000177. The van der Waals surface area contributed by atoms with Crippen LogP contribution in [0.5, 0.6) is 11.5 Å². The van der Waals surface area contributed by atoms with E-state index in [1.807, 2.05) is 159 Å². The molecule has 4 atom stereocenters. The first-order chi connectivity index (χ1) is 28.2. The third-order valence-corrected chi connectivity index (χ3v) is 10.3. The molecule has 0 radical (unpaired) electrons. The average Bonchev–Trinajstić information content (AvgIpc) is 3.26. The number of nitrogens with zero attached hydrogens (tertiary/aromatic N) is 2. The Morgan fingerprint density at radius 3 is 1.19 bits per heavy atom. The zero-order valence-corrected chi connectivity index (χ0v) is 32.1. The molecule has 280 valence electrons. The van der Waals surface area contributed by atoms with Crippen molar-refractivity contribution >= 4 is 11.6 Å². The fraction of sp³-hybridized carbons (Fsp3) is 0.154. The molecule has 0 spiro atoms. The topological polar surface area (TPSA) is 100 Å². The molecule has 2 heterocycles. The van der Waals surface area contributed by atoms with Crippen LogP contribution < -0.4 is 9.47 Å². The minimum absolute atomic E-state index is 0.238. The summed E-state index contributed by atoms with van der Waals surface area (Å²) >= 11 is 0. The Morgan fingerprint density at radius 1 is 0.500 bits per heavy atom. The van der Waals surface area contributed by atoms with Gasteiger partial charge < -0.3 is 9.47 Å². The van der Waals surface area contributed by atoms with Gasteiger partial charge in [0.25, 0.3) is 0 Å².